The molecule has 1 aromatic carbocycles. The fourth-order valence-electron chi connectivity index (χ4n) is 2.89. The van der Waals surface area contributed by atoms with Crippen LogP contribution in [0.5, 0.6) is 0 Å². The number of aromatic amines is 1. The van der Waals surface area contributed by atoms with Crippen LogP contribution in [0.4, 0.5) is 4.39 Å². The van der Waals surface area contributed by atoms with Gasteiger partial charge in [0, 0.05) is 54.4 Å². The van der Waals surface area contributed by atoms with Crippen LogP contribution in [0.3, 0.4) is 0 Å². The van der Waals surface area contributed by atoms with E-state index in [1.165, 1.54) is 12.1 Å². The smallest absolute Gasteiger partial charge is 0.219 e. The van der Waals surface area contributed by atoms with Crippen molar-refractivity contribution in [2.45, 2.75) is 13.0 Å². The van der Waals surface area contributed by atoms with E-state index in [0.717, 1.165) is 22.0 Å². The zero-order chi connectivity index (χ0) is 15.3. The van der Waals surface area contributed by atoms with Gasteiger partial charge >= 0.3 is 0 Å². The molecule has 0 spiro atoms. The second-order valence-electron chi connectivity index (χ2n) is 5.68. The predicted octanol–water partition coefficient (Wildman–Crippen LogP) is 2.57. The lowest BCUT2D eigenvalue weighted by molar-refractivity contribution is -0.134. The summed E-state index contributed by atoms with van der Waals surface area (Å²) in [7, 11) is 0. The average molecular weight is 298 g/mol. The van der Waals surface area contributed by atoms with Crippen LogP contribution in [0.2, 0.25) is 0 Å². The van der Waals surface area contributed by atoms with Crippen LogP contribution < -0.4 is 0 Å². The van der Waals surface area contributed by atoms with Gasteiger partial charge in [0.1, 0.15) is 5.82 Å². The third kappa shape index (κ3) is 1.99. The van der Waals surface area contributed by atoms with E-state index >= 15 is 0 Å². The Morgan fingerprint density at radius 1 is 1.41 bits per heavy atom. The summed E-state index contributed by atoms with van der Waals surface area (Å²) in [6.45, 7) is 2.99. The van der Waals surface area contributed by atoms with Gasteiger partial charge in [0.05, 0.1) is 12.2 Å². The summed E-state index contributed by atoms with van der Waals surface area (Å²) in [4.78, 5) is 16.1. The van der Waals surface area contributed by atoms with E-state index < -0.39 is 0 Å². The van der Waals surface area contributed by atoms with Crippen molar-refractivity contribution in [3.63, 3.8) is 0 Å². The highest BCUT2D eigenvalue weighted by Crippen LogP contribution is 2.30. The number of benzene rings is 1. The van der Waals surface area contributed by atoms with Crippen LogP contribution in [-0.4, -0.2) is 38.7 Å². The monoisotopic (exact) mass is 298 g/mol. The summed E-state index contributed by atoms with van der Waals surface area (Å²) in [5.41, 5.74) is 2.76. The molecule has 4 rings (SSSR count). The molecule has 0 bridgehead atoms. The maximum absolute atomic E-state index is 13.2. The lowest BCUT2D eigenvalue weighted by Gasteiger charge is -2.38. The Balaban J connectivity index is 1.62. The predicted molar refractivity (Wildman–Crippen MR) is 80.8 cm³/mol. The van der Waals surface area contributed by atoms with Crippen molar-refractivity contribution in [1.29, 1.82) is 0 Å². The molecule has 0 atom stereocenters. The van der Waals surface area contributed by atoms with Crippen molar-refractivity contribution in [3.05, 3.63) is 42.6 Å². The first-order valence-electron chi connectivity index (χ1n) is 7.18. The quantitative estimate of drug-likeness (QED) is 0.790. The summed E-state index contributed by atoms with van der Waals surface area (Å²) in [5, 5.41) is 5.38. The molecule has 112 valence electrons. The first-order valence-corrected chi connectivity index (χ1v) is 7.18. The van der Waals surface area contributed by atoms with Crippen molar-refractivity contribution in [3.8, 4) is 11.1 Å². The molecule has 1 saturated heterocycles. The molecule has 22 heavy (non-hydrogen) atoms. The molecule has 6 heteroatoms. The zero-order valence-electron chi connectivity index (χ0n) is 12.1. The largest absolute Gasteiger partial charge is 0.360 e. The SMILES string of the molecule is CC(=O)N1CC(n2cc(-c3c[nH]c4cc(F)ccc34)cn2)C1. The molecular weight excluding hydrogens is 283 g/mol. The highest BCUT2D eigenvalue weighted by molar-refractivity contribution is 5.95. The van der Waals surface area contributed by atoms with E-state index in [-0.39, 0.29) is 17.8 Å². The minimum Gasteiger partial charge on any atom is -0.360 e. The number of likely N-dealkylation sites (tertiary alicyclic amines) is 1. The Bertz CT molecular complexity index is 860. The topological polar surface area (TPSA) is 53.9 Å². The van der Waals surface area contributed by atoms with Crippen molar-refractivity contribution in [2.24, 2.45) is 0 Å². The summed E-state index contributed by atoms with van der Waals surface area (Å²) in [6, 6.07) is 4.95. The number of hydrogen-bond donors (Lipinski definition) is 1. The van der Waals surface area contributed by atoms with Crippen LogP contribution in [0.15, 0.2) is 36.8 Å². The molecule has 2 aromatic heterocycles. The normalized spacial score (nSPS) is 15.3. The highest BCUT2D eigenvalue weighted by Gasteiger charge is 2.30. The first-order chi connectivity index (χ1) is 10.6. The molecule has 3 aromatic rings. The number of nitrogens with zero attached hydrogens (tertiary/aromatic N) is 3. The fourth-order valence-corrected chi connectivity index (χ4v) is 2.89. The van der Waals surface area contributed by atoms with E-state index in [2.05, 4.69) is 10.1 Å². The third-order valence-electron chi connectivity index (χ3n) is 4.24. The molecule has 5 nitrogen and oxygen atoms in total. The van der Waals surface area contributed by atoms with Gasteiger partial charge in [0.15, 0.2) is 0 Å². The molecular formula is C16H15FN4O. The molecule has 1 aliphatic rings. The number of amides is 1. The molecule has 1 N–H and O–H groups in total. The van der Waals surface area contributed by atoms with Crippen molar-refractivity contribution < 1.29 is 9.18 Å². The van der Waals surface area contributed by atoms with Crippen LogP contribution in [-0.2, 0) is 4.79 Å². The Kier molecular flexibility index (Phi) is 2.79. The number of carbonyl (C=O) groups excluding carboxylic acids is 1. The summed E-state index contributed by atoms with van der Waals surface area (Å²) in [6.07, 6.45) is 5.66. The second kappa shape index (κ2) is 4.69. The van der Waals surface area contributed by atoms with Gasteiger partial charge in [0.25, 0.3) is 0 Å². The van der Waals surface area contributed by atoms with Gasteiger partial charge < -0.3 is 9.88 Å². The van der Waals surface area contributed by atoms with E-state index in [1.54, 1.807) is 17.9 Å². The summed E-state index contributed by atoms with van der Waals surface area (Å²) in [5.74, 6) is -0.155. The average Bonchev–Trinajstić information content (AvgIpc) is 3.02. The molecule has 1 aliphatic heterocycles. The standard InChI is InChI=1S/C16H15FN4O/c1-10(22)20-8-13(9-20)21-7-11(5-19-21)15-6-18-16-4-12(17)2-3-14(15)16/h2-7,13,18H,8-9H2,1H3. The number of rotatable bonds is 2. The van der Waals surface area contributed by atoms with Gasteiger partial charge in [-0.25, -0.2) is 4.39 Å². The Labute approximate surface area is 126 Å². The van der Waals surface area contributed by atoms with Crippen molar-refractivity contribution in [1.82, 2.24) is 19.7 Å². The molecule has 0 unspecified atom stereocenters. The van der Waals surface area contributed by atoms with Gasteiger partial charge in [-0.2, -0.15) is 5.10 Å². The van der Waals surface area contributed by atoms with E-state index in [1.807, 2.05) is 23.3 Å². The number of nitrogens with one attached hydrogen (secondary N) is 1. The molecule has 0 saturated carbocycles. The Morgan fingerprint density at radius 3 is 3.00 bits per heavy atom. The minimum atomic E-state index is -0.254. The maximum atomic E-state index is 13.2. The zero-order valence-corrected chi connectivity index (χ0v) is 12.1. The molecule has 3 heterocycles. The Morgan fingerprint density at radius 2 is 2.23 bits per heavy atom. The lowest BCUT2D eigenvalue weighted by atomic mass is 10.1. The molecule has 1 amide bonds. The summed E-state index contributed by atoms with van der Waals surface area (Å²) >= 11 is 0. The molecule has 1 fully saturated rings. The third-order valence-corrected chi connectivity index (χ3v) is 4.24. The fraction of sp³-hybridized carbons (Fsp3) is 0.250. The number of halogens is 1. The van der Waals surface area contributed by atoms with E-state index in [9.17, 15) is 9.18 Å². The maximum Gasteiger partial charge on any atom is 0.219 e. The first kappa shape index (κ1) is 13.1. The highest BCUT2D eigenvalue weighted by atomic mass is 19.1. The molecule has 0 radical (unpaired) electrons. The van der Waals surface area contributed by atoms with Crippen LogP contribution in [0.25, 0.3) is 22.0 Å². The van der Waals surface area contributed by atoms with Crippen LogP contribution in [0, 0.1) is 5.82 Å². The summed E-state index contributed by atoms with van der Waals surface area (Å²) < 4.78 is 15.1. The van der Waals surface area contributed by atoms with Gasteiger partial charge in [-0.1, -0.05) is 0 Å². The number of fused-ring (bicyclic) bond motifs is 1. The number of carbonyl (C=O) groups is 1. The van der Waals surface area contributed by atoms with Crippen molar-refractivity contribution in [2.75, 3.05) is 13.1 Å². The lowest BCUT2D eigenvalue weighted by Crippen LogP contribution is -2.49. The number of aromatic nitrogens is 3. The van der Waals surface area contributed by atoms with Gasteiger partial charge in [-0.05, 0) is 18.2 Å². The van der Waals surface area contributed by atoms with Crippen molar-refractivity contribution >= 4 is 16.8 Å². The van der Waals surface area contributed by atoms with E-state index in [0.29, 0.717) is 13.1 Å². The number of hydrogen-bond acceptors (Lipinski definition) is 2. The van der Waals surface area contributed by atoms with Gasteiger partial charge in [0.2, 0.25) is 5.91 Å². The Hall–Kier alpha value is -2.63. The molecule has 0 aliphatic carbocycles. The van der Waals surface area contributed by atoms with Crippen LogP contribution >= 0.6 is 0 Å². The van der Waals surface area contributed by atoms with E-state index in [4.69, 9.17) is 0 Å². The minimum absolute atomic E-state index is 0.0993. The second-order valence-corrected chi connectivity index (χ2v) is 5.68. The van der Waals surface area contributed by atoms with Gasteiger partial charge in [-0.15, -0.1) is 0 Å². The van der Waals surface area contributed by atoms with Gasteiger partial charge in [-0.3, -0.25) is 9.48 Å². The number of H-pyrrole nitrogens is 1. The van der Waals surface area contributed by atoms with Crippen LogP contribution in [0.1, 0.15) is 13.0 Å².